The van der Waals surface area contributed by atoms with Crippen LogP contribution in [-0.4, -0.2) is 31.0 Å². The van der Waals surface area contributed by atoms with E-state index in [-0.39, 0.29) is 11.9 Å². The molecule has 0 aromatic heterocycles. The molecule has 1 fully saturated rings. The van der Waals surface area contributed by atoms with Crippen LogP contribution in [0.15, 0.2) is 48.5 Å². The molecule has 3 rings (SSSR count). The molecular weight excluding hydrogens is 336 g/mol. The summed E-state index contributed by atoms with van der Waals surface area (Å²) in [5.41, 5.74) is 2.26. The molecular formula is C20H23ClN2O2. The molecule has 4 nitrogen and oxygen atoms in total. The molecule has 1 saturated heterocycles. The Bertz CT molecular complexity index is 718. The van der Waals surface area contributed by atoms with Crippen LogP contribution in [0.3, 0.4) is 0 Å². The van der Waals surface area contributed by atoms with Crippen molar-refractivity contribution in [1.29, 1.82) is 0 Å². The maximum absolute atomic E-state index is 12.3. The minimum atomic E-state index is 0.0461. The quantitative estimate of drug-likeness (QED) is 0.853. The predicted octanol–water partition coefficient (Wildman–Crippen LogP) is 3.80. The summed E-state index contributed by atoms with van der Waals surface area (Å²) in [6.07, 6.45) is 2.17. The molecule has 1 amide bonds. The average molecular weight is 359 g/mol. The van der Waals surface area contributed by atoms with Crippen LogP contribution in [0.2, 0.25) is 5.02 Å². The molecule has 0 bridgehead atoms. The third-order valence-electron chi connectivity index (χ3n) is 4.59. The lowest BCUT2D eigenvalue weighted by Crippen LogP contribution is -2.36. The van der Waals surface area contributed by atoms with E-state index in [2.05, 4.69) is 22.3 Å². The molecule has 1 atom stereocenters. The van der Waals surface area contributed by atoms with Crippen LogP contribution in [0.5, 0.6) is 5.75 Å². The lowest BCUT2D eigenvalue weighted by atomic mass is 10.0. The number of likely N-dealkylation sites (tertiary alicyclic amines) is 1. The fraction of sp³-hybridized carbons (Fsp3) is 0.350. The standard InChI is InChI=1S/C20H23ClN2O2/c1-25-18-5-2-4-16(12-18)19-6-3-11-23(19)14-20(24)22-13-15-7-9-17(21)10-8-15/h2,4-5,7-10,12,19H,3,6,11,13-14H2,1H3,(H,22,24)/t19-/m1/s1. The van der Waals surface area contributed by atoms with Crippen molar-refractivity contribution >= 4 is 17.5 Å². The van der Waals surface area contributed by atoms with E-state index in [9.17, 15) is 4.79 Å². The van der Waals surface area contributed by atoms with Crippen molar-refractivity contribution < 1.29 is 9.53 Å². The molecule has 0 radical (unpaired) electrons. The zero-order valence-electron chi connectivity index (χ0n) is 14.4. The van der Waals surface area contributed by atoms with Gasteiger partial charge >= 0.3 is 0 Å². The number of carbonyl (C=O) groups is 1. The summed E-state index contributed by atoms with van der Waals surface area (Å²) in [7, 11) is 1.68. The summed E-state index contributed by atoms with van der Waals surface area (Å²) in [5.74, 6) is 0.904. The molecule has 1 heterocycles. The Kier molecular flexibility index (Phi) is 5.95. The first-order chi connectivity index (χ1) is 12.2. The number of ether oxygens (including phenoxy) is 1. The van der Waals surface area contributed by atoms with Crippen LogP contribution in [0.25, 0.3) is 0 Å². The lowest BCUT2D eigenvalue weighted by molar-refractivity contribution is -0.122. The molecule has 0 spiro atoms. The maximum Gasteiger partial charge on any atom is 0.234 e. The van der Waals surface area contributed by atoms with Crippen LogP contribution in [-0.2, 0) is 11.3 Å². The second kappa shape index (κ2) is 8.37. The van der Waals surface area contributed by atoms with Crippen molar-refractivity contribution in [2.75, 3.05) is 20.2 Å². The number of rotatable bonds is 6. The number of methoxy groups -OCH3 is 1. The van der Waals surface area contributed by atoms with Crippen molar-refractivity contribution in [1.82, 2.24) is 10.2 Å². The molecule has 1 aliphatic heterocycles. The molecule has 132 valence electrons. The highest BCUT2D eigenvalue weighted by atomic mass is 35.5. The van der Waals surface area contributed by atoms with Crippen molar-refractivity contribution in [3.05, 3.63) is 64.7 Å². The fourth-order valence-corrected chi connectivity index (χ4v) is 3.41. The van der Waals surface area contributed by atoms with Crippen molar-refractivity contribution in [3.8, 4) is 5.75 Å². The maximum atomic E-state index is 12.3. The summed E-state index contributed by atoms with van der Waals surface area (Å²) >= 11 is 5.88. The van der Waals surface area contributed by atoms with Crippen LogP contribution < -0.4 is 10.1 Å². The Morgan fingerprint density at radius 2 is 2.08 bits per heavy atom. The minimum Gasteiger partial charge on any atom is -0.497 e. The summed E-state index contributed by atoms with van der Waals surface area (Å²) in [6.45, 7) is 1.87. The monoisotopic (exact) mass is 358 g/mol. The van der Waals surface area contributed by atoms with Gasteiger partial charge in [0.1, 0.15) is 5.75 Å². The number of carbonyl (C=O) groups excluding carboxylic acids is 1. The first kappa shape index (κ1) is 17.8. The Morgan fingerprint density at radius 1 is 1.28 bits per heavy atom. The van der Waals surface area contributed by atoms with E-state index in [4.69, 9.17) is 16.3 Å². The van der Waals surface area contributed by atoms with E-state index in [1.807, 2.05) is 36.4 Å². The Labute approximate surface area is 153 Å². The number of benzene rings is 2. The largest absolute Gasteiger partial charge is 0.497 e. The van der Waals surface area contributed by atoms with E-state index >= 15 is 0 Å². The molecule has 5 heteroatoms. The molecule has 0 unspecified atom stereocenters. The number of nitrogens with zero attached hydrogens (tertiary/aromatic N) is 1. The van der Waals surface area contributed by atoms with Crippen LogP contribution in [0, 0.1) is 0 Å². The predicted molar refractivity (Wildman–Crippen MR) is 99.8 cm³/mol. The highest BCUT2D eigenvalue weighted by molar-refractivity contribution is 6.30. The second-order valence-corrected chi connectivity index (χ2v) is 6.74. The van der Waals surface area contributed by atoms with Gasteiger partial charge in [0.2, 0.25) is 5.91 Å². The summed E-state index contributed by atoms with van der Waals surface area (Å²) in [4.78, 5) is 14.6. The van der Waals surface area contributed by atoms with Gasteiger partial charge in [0.15, 0.2) is 0 Å². The van der Waals surface area contributed by atoms with Gasteiger partial charge in [-0.15, -0.1) is 0 Å². The third-order valence-corrected chi connectivity index (χ3v) is 4.84. The van der Waals surface area contributed by atoms with Gasteiger partial charge in [-0.3, -0.25) is 9.69 Å². The average Bonchev–Trinajstić information content (AvgIpc) is 3.09. The van der Waals surface area contributed by atoms with Gasteiger partial charge < -0.3 is 10.1 Å². The summed E-state index contributed by atoms with van der Waals surface area (Å²) in [6, 6.07) is 15.9. The SMILES string of the molecule is COc1cccc([C@H]2CCCN2CC(=O)NCc2ccc(Cl)cc2)c1. The lowest BCUT2D eigenvalue weighted by Gasteiger charge is -2.24. The van der Waals surface area contributed by atoms with Gasteiger partial charge in [0.05, 0.1) is 13.7 Å². The van der Waals surface area contributed by atoms with Gasteiger partial charge in [-0.2, -0.15) is 0 Å². The Morgan fingerprint density at radius 3 is 2.84 bits per heavy atom. The highest BCUT2D eigenvalue weighted by Crippen LogP contribution is 2.33. The second-order valence-electron chi connectivity index (χ2n) is 6.31. The van der Waals surface area contributed by atoms with Crippen LogP contribution in [0.1, 0.15) is 30.0 Å². The number of hydrogen-bond donors (Lipinski definition) is 1. The van der Waals surface area contributed by atoms with E-state index in [1.54, 1.807) is 7.11 Å². The van der Waals surface area contributed by atoms with Crippen molar-refractivity contribution in [3.63, 3.8) is 0 Å². The summed E-state index contributed by atoms with van der Waals surface area (Å²) in [5, 5.41) is 3.69. The highest BCUT2D eigenvalue weighted by Gasteiger charge is 2.27. The van der Waals surface area contributed by atoms with Gasteiger partial charge in [0, 0.05) is 17.6 Å². The first-order valence-electron chi connectivity index (χ1n) is 8.55. The van der Waals surface area contributed by atoms with E-state index in [1.165, 1.54) is 5.56 Å². The molecule has 2 aromatic carbocycles. The fourth-order valence-electron chi connectivity index (χ4n) is 3.28. The Hall–Kier alpha value is -2.04. The van der Waals surface area contributed by atoms with Gasteiger partial charge in [-0.1, -0.05) is 35.9 Å². The molecule has 2 aromatic rings. The van der Waals surface area contributed by atoms with Crippen molar-refractivity contribution in [2.45, 2.75) is 25.4 Å². The zero-order valence-corrected chi connectivity index (χ0v) is 15.1. The van der Waals surface area contributed by atoms with Gasteiger partial charge in [-0.05, 0) is 54.8 Å². The van der Waals surface area contributed by atoms with E-state index in [0.717, 1.165) is 30.7 Å². The topological polar surface area (TPSA) is 41.6 Å². The molecule has 0 aliphatic carbocycles. The van der Waals surface area contributed by atoms with Crippen LogP contribution >= 0.6 is 11.6 Å². The number of hydrogen-bond acceptors (Lipinski definition) is 3. The molecule has 0 saturated carbocycles. The van der Waals surface area contributed by atoms with E-state index in [0.29, 0.717) is 18.1 Å². The minimum absolute atomic E-state index is 0.0461. The normalized spacial score (nSPS) is 17.4. The smallest absolute Gasteiger partial charge is 0.234 e. The van der Waals surface area contributed by atoms with Crippen LogP contribution in [0.4, 0.5) is 0 Å². The van der Waals surface area contributed by atoms with Gasteiger partial charge in [-0.25, -0.2) is 0 Å². The van der Waals surface area contributed by atoms with Gasteiger partial charge in [0.25, 0.3) is 0 Å². The summed E-state index contributed by atoms with van der Waals surface area (Å²) < 4.78 is 5.32. The Balaban J connectivity index is 1.57. The number of halogens is 1. The number of nitrogens with one attached hydrogen (secondary N) is 1. The molecule has 1 aliphatic rings. The van der Waals surface area contributed by atoms with E-state index < -0.39 is 0 Å². The van der Waals surface area contributed by atoms with Crippen molar-refractivity contribution in [2.24, 2.45) is 0 Å². The zero-order chi connectivity index (χ0) is 17.6. The molecule has 1 N–H and O–H groups in total. The molecule has 25 heavy (non-hydrogen) atoms. The number of amides is 1. The first-order valence-corrected chi connectivity index (χ1v) is 8.92. The third kappa shape index (κ3) is 4.74.